The highest BCUT2D eigenvalue weighted by Gasteiger charge is 2.26. The lowest BCUT2D eigenvalue weighted by Gasteiger charge is -2.27. The molecule has 9 heteroatoms. The molecule has 1 aliphatic rings. The summed E-state index contributed by atoms with van der Waals surface area (Å²) in [6.07, 6.45) is 0. The third-order valence-corrected chi connectivity index (χ3v) is 6.49. The second-order valence-electron chi connectivity index (χ2n) is 6.85. The first-order chi connectivity index (χ1) is 14.4. The van der Waals surface area contributed by atoms with Crippen LogP contribution in [0.1, 0.15) is 28.9 Å². The zero-order valence-corrected chi connectivity index (χ0v) is 18.1. The van der Waals surface area contributed by atoms with Crippen LogP contribution in [0.4, 0.5) is 0 Å². The van der Waals surface area contributed by atoms with Crippen LogP contribution < -0.4 is 14.2 Å². The largest absolute Gasteiger partial charge is 0.496 e. The van der Waals surface area contributed by atoms with E-state index in [1.165, 1.54) is 32.4 Å². The number of rotatable bonds is 7. The summed E-state index contributed by atoms with van der Waals surface area (Å²) in [7, 11) is -0.920. The van der Waals surface area contributed by atoms with Crippen molar-refractivity contribution in [1.29, 1.82) is 0 Å². The Balaban J connectivity index is 1.89. The molecule has 3 rings (SSSR count). The van der Waals surface area contributed by atoms with E-state index in [0.717, 1.165) is 0 Å². The molecule has 1 heterocycles. The van der Waals surface area contributed by atoms with Gasteiger partial charge in [0.15, 0.2) is 0 Å². The van der Waals surface area contributed by atoms with Crippen molar-refractivity contribution in [1.82, 2.24) is 9.62 Å². The van der Waals surface area contributed by atoms with Gasteiger partial charge in [-0.05, 0) is 31.2 Å². The topological polar surface area (TPSA) is 94.2 Å². The predicted molar refractivity (Wildman–Crippen MR) is 111 cm³/mol. The van der Waals surface area contributed by atoms with Gasteiger partial charge in [0.1, 0.15) is 11.5 Å². The minimum atomic E-state index is -3.90. The number of carbonyl (C=O) groups excluding carboxylic acids is 1. The molecule has 1 N–H and O–H groups in total. The van der Waals surface area contributed by atoms with Crippen molar-refractivity contribution in [3.63, 3.8) is 0 Å². The molecule has 1 fully saturated rings. The van der Waals surface area contributed by atoms with Gasteiger partial charge in [0.2, 0.25) is 10.0 Å². The van der Waals surface area contributed by atoms with Crippen molar-refractivity contribution >= 4 is 15.9 Å². The predicted octanol–water partition coefficient (Wildman–Crippen LogP) is 2.22. The van der Waals surface area contributed by atoms with E-state index in [-0.39, 0.29) is 16.4 Å². The summed E-state index contributed by atoms with van der Waals surface area (Å²) in [5.74, 6) is 0.624. The Morgan fingerprint density at radius 3 is 2.40 bits per heavy atom. The maximum Gasteiger partial charge on any atom is 0.257 e. The van der Waals surface area contributed by atoms with Gasteiger partial charge in [-0.1, -0.05) is 18.2 Å². The van der Waals surface area contributed by atoms with Gasteiger partial charge >= 0.3 is 0 Å². The first-order valence-corrected chi connectivity index (χ1v) is 11.1. The first kappa shape index (κ1) is 22.1. The molecule has 2 aromatic rings. The highest BCUT2D eigenvalue weighted by Crippen LogP contribution is 2.28. The summed E-state index contributed by atoms with van der Waals surface area (Å²) < 4.78 is 44.6. The molecule has 162 valence electrons. The monoisotopic (exact) mass is 434 g/mol. The Morgan fingerprint density at radius 1 is 1.07 bits per heavy atom. The van der Waals surface area contributed by atoms with Crippen molar-refractivity contribution in [3.8, 4) is 11.5 Å². The number of hydrogen-bond donors (Lipinski definition) is 1. The van der Waals surface area contributed by atoms with Crippen LogP contribution in [-0.4, -0.2) is 59.7 Å². The van der Waals surface area contributed by atoms with Crippen molar-refractivity contribution in [2.75, 3.05) is 40.5 Å². The maximum absolute atomic E-state index is 13.0. The third kappa shape index (κ3) is 4.75. The standard InChI is InChI=1S/C21H26N2O6S/c1-15(17-6-4-5-7-19(17)27-2)22-30(25,26)16-8-9-20(28-3)18(14-16)21(24)23-10-12-29-13-11-23/h4-9,14-15,22H,10-13H2,1-3H3/t15-/m0/s1. The fourth-order valence-corrected chi connectivity index (χ4v) is 4.60. The van der Waals surface area contributed by atoms with E-state index in [1.54, 1.807) is 24.0 Å². The van der Waals surface area contributed by atoms with Gasteiger partial charge < -0.3 is 19.1 Å². The van der Waals surface area contributed by atoms with Gasteiger partial charge in [0.05, 0.1) is 37.9 Å². The molecule has 0 radical (unpaired) electrons. The average Bonchev–Trinajstić information content (AvgIpc) is 2.78. The summed E-state index contributed by atoms with van der Waals surface area (Å²) in [5.41, 5.74) is 0.911. The number of amides is 1. The van der Waals surface area contributed by atoms with Crippen LogP contribution in [0.3, 0.4) is 0 Å². The fraction of sp³-hybridized carbons (Fsp3) is 0.381. The molecule has 0 bridgehead atoms. The molecular formula is C21H26N2O6S. The van der Waals surface area contributed by atoms with Crippen molar-refractivity contribution in [3.05, 3.63) is 53.6 Å². The molecule has 0 saturated carbocycles. The number of ether oxygens (including phenoxy) is 3. The quantitative estimate of drug-likeness (QED) is 0.718. The van der Waals surface area contributed by atoms with Crippen molar-refractivity contribution in [2.45, 2.75) is 17.9 Å². The normalized spacial score (nSPS) is 15.5. The molecule has 1 aliphatic heterocycles. The maximum atomic E-state index is 13.0. The number of morpholine rings is 1. The molecule has 0 unspecified atom stereocenters. The van der Waals surface area contributed by atoms with Crippen molar-refractivity contribution in [2.24, 2.45) is 0 Å². The molecule has 0 spiro atoms. The number of nitrogens with one attached hydrogen (secondary N) is 1. The minimum Gasteiger partial charge on any atom is -0.496 e. The highest BCUT2D eigenvalue weighted by atomic mass is 32.2. The van der Waals surface area contributed by atoms with Gasteiger partial charge in [-0.3, -0.25) is 4.79 Å². The van der Waals surface area contributed by atoms with E-state index in [4.69, 9.17) is 14.2 Å². The van der Waals surface area contributed by atoms with Crippen LogP contribution in [0.15, 0.2) is 47.4 Å². The van der Waals surface area contributed by atoms with Gasteiger partial charge in [-0.25, -0.2) is 13.1 Å². The molecule has 0 aliphatic carbocycles. The minimum absolute atomic E-state index is 0.0124. The van der Waals surface area contributed by atoms with E-state index in [1.807, 2.05) is 12.1 Å². The molecule has 2 aromatic carbocycles. The lowest BCUT2D eigenvalue weighted by molar-refractivity contribution is 0.0300. The zero-order valence-electron chi connectivity index (χ0n) is 17.3. The fourth-order valence-electron chi connectivity index (χ4n) is 3.35. The zero-order chi connectivity index (χ0) is 21.7. The molecule has 1 atom stereocenters. The Bertz CT molecular complexity index is 1000. The van der Waals surface area contributed by atoms with Crippen LogP contribution in [-0.2, 0) is 14.8 Å². The molecule has 1 amide bonds. The smallest absolute Gasteiger partial charge is 0.257 e. The number of benzene rings is 2. The van der Waals surface area contributed by atoms with E-state index in [0.29, 0.717) is 43.4 Å². The summed E-state index contributed by atoms with van der Waals surface area (Å²) in [4.78, 5) is 14.6. The summed E-state index contributed by atoms with van der Waals surface area (Å²) in [6, 6.07) is 10.9. The molecule has 1 saturated heterocycles. The Hall–Kier alpha value is -2.62. The highest BCUT2D eigenvalue weighted by molar-refractivity contribution is 7.89. The van der Waals surface area contributed by atoms with Crippen LogP contribution in [0, 0.1) is 0 Å². The molecule has 8 nitrogen and oxygen atoms in total. The van der Waals surface area contributed by atoms with E-state index >= 15 is 0 Å². The van der Waals surface area contributed by atoms with Crippen LogP contribution in [0.25, 0.3) is 0 Å². The summed E-state index contributed by atoms with van der Waals surface area (Å²) in [6.45, 7) is 3.52. The number of carbonyl (C=O) groups is 1. The van der Waals surface area contributed by atoms with Crippen molar-refractivity contribution < 1.29 is 27.4 Å². The number of nitrogens with zero attached hydrogens (tertiary/aromatic N) is 1. The number of para-hydroxylation sites is 1. The second kappa shape index (κ2) is 9.46. The molecular weight excluding hydrogens is 408 g/mol. The first-order valence-electron chi connectivity index (χ1n) is 9.57. The lowest BCUT2D eigenvalue weighted by Crippen LogP contribution is -2.40. The van der Waals surface area contributed by atoms with Crippen LogP contribution in [0.2, 0.25) is 0 Å². The SMILES string of the molecule is COc1ccc(S(=O)(=O)N[C@@H](C)c2ccccc2OC)cc1C(=O)N1CCOCC1. The van der Waals surface area contributed by atoms with Crippen LogP contribution in [0.5, 0.6) is 11.5 Å². The Labute approximate surface area is 176 Å². The lowest BCUT2D eigenvalue weighted by atomic mass is 10.1. The van der Waals surface area contributed by atoms with Gasteiger partial charge in [0, 0.05) is 24.7 Å². The van der Waals surface area contributed by atoms with Gasteiger partial charge in [-0.2, -0.15) is 0 Å². The number of sulfonamides is 1. The Morgan fingerprint density at radius 2 is 1.73 bits per heavy atom. The van der Waals surface area contributed by atoms with E-state index in [9.17, 15) is 13.2 Å². The Kier molecular flexibility index (Phi) is 6.96. The summed E-state index contributed by atoms with van der Waals surface area (Å²) in [5, 5.41) is 0. The molecule has 0 aromatic heterocycles. The summed E-state index contributed by atoms with van der Waals surface area (Å²) >= 11 is 0. The van der Waals surface area contributed by atoms with Gasteiger partial charge in [0.25, 0.3) is 5.91 Å². The van der Waals surface area contributed by atoms with E-state index in [2.05, 4.69) is 4.72 Å². The number of hydrogen-bond acceptors (Lipinski definition) is 6. The third-order valence-electron chi connectivity index (χ3n) is 4.95. The second-order valence-corrected chi connectivity index (χ2v) is 8.57. The average molecular weight is 435 g/mol. The number of methoxy groups -OCH3 is 2. The van der Waals surface area contributed by atoms with E-state index < -0.39 is 16.1 Å². The van der Waals surface area contributed by atoms with Crippen LogP contribution >= 0.6 is 0 Å². The van der Waals surface area contributed by atoms with Gasteiger partial charge in [-0.15, -0.1) is 0 Å². The molecule has 30 heavy (non-hydrogen) atoms.